The van der Waals surface area contributed by atoms with Crippen molar-refractivity contribution in [1.29, 1.82) is 0 Å². The Morgan fingerprint density at radius 3 is 2.47 bits per heavy atom. The molecule has 0 spiro atoms. The lowest BCUT2D eigenvalue weighted by molar-refractivity contribution is -0.122. The Hall–Kier alpha value is -0.610. The van der Waals surface area contributed by atoms with Crippen molar-refractivity contribution in [3.05, 3.63) is 0 Å². The topological polar surface area (TPSA) is 58.4 Å². The van der Waals surface area contributed by atoms with Crippen LogP contribution in [0.4, 0.5) is 0 Å². The van der Waals surface area contributed by atoms with Gasteiger partial charge in [0, 0.05) is 18.5 Å². The number of nitrogens with zero attached hydrogens (tertiary/aromatic N) is 1. The zero-order valence-electron chi connectivity index (χ0n) is 12.9. The van der Waals surface area contributed by atoms with E-state index in [2.05, 4.69) is 31.2 Å². The molecular formula is C15H31N3O. The van der Waals surface area contributed by atoms with Gasteiger partial charge in [-0.1, -0.05) is 19.8 Å². The number of hydrogen-bond donors (Lipinski definition) is 2. The molecule has 0 radical (unpaired) electrons. The lowest BCUT2D eigenvalue weighted by atomic mass is 9.95. The first-order valence-electron chi connectivity index (χ1n) is 7.64. The second kappa shape index (κ2) is 7.85. The molecule has 0 aromatic carbocycles. The minimum Gasteiger partial charge on any atom is -0.354 e. The first-order chi connectivity index (χ1) is 9.00. The zero-order chi connectivity index (χ0) is 14.3. The van der Waals surface area contributed by atoms with E-state index in [9.17, 15) is 4.79 Å². The van der Waals surface area contributed by atoms with E-state index < -0.39 is 0 Å². The summed E-state index contributed by atoms with van der Waals surface area (Å²) < 4.78 is 0. The highest BCUT2D eigenvalue weighted by molar-refractivity contribution is 5.75. The lowest BCUT2D eigenvalue weighted by Crippen LogP contribution is -2.50. The zero-order valence-corrected chi connectivity index (χ0v) is 12.9. The van der Waals surface area contributed by atoms with E-state index in [-0.39, 0.29) is 11.4 Å². The third-order valence-corrected chi connectivity index (χ3v) is 4.62. The molecule has 0 saturated heterocycles. The second-order valence-corrected chi connectivity index (χ2v) is 6.32. The summed E-state index contributed by atoms with van der Waals surface area (Å²) in [4.78, 5) is 14.2. The van der Waals surface area contributed by atoms with Crippen LogP contribution in [0.15, 0.2) is 0 Å². The first-order valence-corrected chi connectivity index (χ1v) is 7.64. The normalized spacial score (nSPS) is 19.6. The molecule has 0 aromatic heterocycles. The number of carbonyl (C=O) groups is 1. The Bertz CT molecular complexity index is 273. The van der Waals surface area contributed by atoms with Crippen molar-refractivity contribution in [3.63, 3.8) is 0 Å². The van der Waals surface area contributed by atoms with E-state index in [4.69, 9.17) is 5.73 Å². The molecule has 4 nitrogen and oxygen atoms in total. The molecule has 19 heavy (non-hydrogen) atoms. The van der Waals surface area contributed by atoms with Crippen molar-refractivity contribution >= 4 is 5.91 Å². The SMILES string of the molecule is CC(CCN)CCC(=O)NCC1(N(C)C)CCCC1. The molecule has 0 bridgehead atoms. The first kappa shape index (κ1) is 16.4. The van der Waals surface area contributed by atoms with E-state index in [1.165, 1.54) is 25.7 Å². The van der Waals surface area contributed by atoms with Gasteiger partial charge in [0.05, 0.1) is 0 Å². The van der Waals surface area contributed by atoms with E-state index >= 15 is 0 Å². The van der Waals surface area contributed by atoms with Gasteiger partial charge in [0.25, 0.3) is 0 Å². The average Bonchev–Trinajstić information content (AvgIpc) is 2.84. The standard InChI is InChI=1S/C15H31N3O/c1-13(8-11-16)6-7-14(19)17-12-15(18(2)3)9-4-5-10-15/h13H,4-12,16H2,1-3H3,(H,17,19). The van der Waals surface area contributed by atoms with Crippen molar-refractivity contribution in [2.45, 2.75) is 57.4 Å². The third-order valence-electron chi connectivity index (χ3n) is 4.62. The molecule has 0 aromatic rings. The monoisotopic (exact) mass is 269 g/mol. The molecule has 1 aliphatic carbocycles. The van der Waals surface area contributed by atoms with E-state index in [0.29, 0.717) is 18.9 Å². The molecule has 0 aliphatic heterocycles. The van der Waals surface area contributed by atoms with Crippen LogP contribution in [-0.2, 0) is 4.79 Å². The summed E-state index contributed by atoms with van der Waals surface area (Å²) in [6.07, 6.45) is 7.54. The number of carbonyl (C=O) groups excluding carboxylic acids is 1. The molecule has 4 heteroatoms. The van der Waals surface area contributed by atoms with Gasteiger partial charge >= 0.3 is 0 Å². The van der Waals surface area contributed by atoms with E-state index in [0.717, 1.165) is 19.4 Å². The largest absolute Gasteiger partial charge is 0.354 e. The van der Waals surface area contributed by atoms with Gasteiger partial charge in [-0.2, -0.15) is 0 Å². The molecule has 1 fully saturated rings. The van der Waals surface area contributed by atoms with Crippen LogP contribution < -0.4 is 11.1 Å². The van der Waals surface area contributed by atoms with Crippen LogP contribution in [0, 0.1) is 5.92 Å². The molecule has 112 valence electrons. The third kappa shape index (κ3) is 5.11. The number of nitrogens with one attached hydrogen (secondary N) is 1. The summed E-state index contributed by atoms with van der Waals surface area (Å²) in [6.45, 7) is 3.68. The Morgan fingerprint density at radius 2 is 1.95 bits per heavy atom. The Kier molecular flexibility index (Phi) is 6.80. The van der Waals surface area contributed by atoms with Gasteiger partial charge in [-0.25, -0.2) is 0 Å². The van der Waals surface area contributed by atoms with Gasteiger partial charge in [0.2, 0.25) is 5.91 Å². The molecule has 1 rings (SSSR count). The smallest absolute Gasteiger partial charge is 0.220 e. The van der Waals surface area contributed by atoms with Gasteiger partial charge in [-0.05, 0) is 52.2 Å². The summed E-state index contributed by atoms with van der Waals surface area (Å²) in [7, 11) is 4.25. The Morgan fingerprint density at radius 1 is 1.32 bits per heavy atom. The average molecular weight is 269 g/mol. The minimum absolute atomic E-state index is 0.192. The molecule has 1 amide bonds. The lowest BCUT2D eigenvalue weighted by Gasteiger charge is -2.36. The van der Waals surface area contributed by atoms with Crippen LogP contribution in [0.1, 0.15) is 51.9 Å². The van der Waals surface area contributed by atoms with E-state index in [1.807, 2.05) is 0 Å². The number of rotatable bonds is 8. The molecule has 1 unspecified atom stereocenters. The van der Waals surface area contributed by atoms with Crippen molar-refractivity contribution in [3.8, 4) is 0 Å². The van der Waals surface area contributed by atoms with Crippen LogP contribution in [0.5, 0.6) is 0 Å². The van der Waals surface area contributed by atoms with Crippen LogP contribution in [0.25, 0.3) is 0 Å². The predicted molar refractivity (Wildman–Crippen MR) is 80.0 cm³/mol. The summed E-state index contributed by atoms with van der Waals surface area (Å²) in [5, 5.41) is 3.13. The number of hydrogen-bond acceptors (Lipinski definition) is 3. The molecule has 1 atom stereocenters. The van der Waals surface area contributed by atoms with Gasteiger partial charge in [-0.3, -0.25) is 4.79 Å². The van der Waals surface area contributed by atoms with Gasteiger partial charge in [0.15, 0.2) is 0 Å². The van der Waals surface area contributed by atoms with Crippen LogP contribution >= 0.6 is 0 Å². The van der Waals surface area contributed by atoms with Crippen molar-refractivity contribution < 1.29 is 4.79 Å². The van der Waals surface area contributed by atoms with Gasteiger partial charge in [0.1, 0.15) is 0 Å². The quantitative estimate of drug-likeness (QED) is 0.706. The maximum Gasteiger partial charge on any atom is 0.220 e. The fourth-order valence-corrected chi connectivity index (χ4v) is 2.97. The summed E-state index contributed by atoms with van der Waals surface area (Å²) >= 11 is 0. The fraction of sp³-hybridized carbons (Fsp3) is 0.933. The summed E-state index contributed by atoms with van der Waals surface area (Å²) in [5.74, 6) is 0.738. The van der Waals surface area contributed by atoms with Crippen LogP contribution in [-0.4, -0.2) is 43.5 Å². The molecule has 0 heterocycles. The summed E-state index contributed by atoms with van der Waals surface area (Å²) in [6, 6.07) is 0. The highest BCUT2D eigenvalue weighted by atomic mass is 16.1. The predicted octanol–water partition coefficient (Wildman–Crippen LogP) is 1.74. The Balaban J connectivity index is 2.29. The molecule has 3 N–H and O–H groups in total. The maximum absolute atomic E-state index is 11.9. The van der Waals surface area contributed by atoms with Crippen LogP contribution in [0.2, 0.25) is 0 Å². The van der Waals surface area contributed by atoms with E-state index in [1.54, 1.807) is 0 Å². The summed E-state index contributed by atoms with van der Waals surface area (Å²) in [5.41, 5.74) is 5.71. The van der Waals surface area contributed by atoms with Gasteiger partial charge < -0.3 is 16.0 Å². The number of likely N-dealkylation sites (N-methyl/N-ethyl adjacent to an activating group) is 1. The molecule has 1 aliphatic rings. The highest BCUT2D eigenvalue weighted by Gasteiger charge is 2.35. The fourth-order valence-electron chi connectivity index (χ4n) is 2.97. The number of amides is 1. The Labute approximate surface area is 118 Å². The minimum atomic E-state index is 0.192. The highest BCUT2D eigenvalue weighted by Crippen LogP contribution is 2.33. The van der Waals surface area contributed by atoms with Crippen LogP contribution in [0.3, 0.4) is 0 Å². The van der Waals surface area contributed by atoms with Crippen molar-refractivity contribution in [1.82, 2.24) is 10.2 Å². The maximum atomic E-state index is 11.9. The second-order valence-electron chi connectivity index (χ2n) is 6.32. The van der Waals surface area contributed by atoms with Crippen molar-refractivity contribution in [2.24, 2.45) is 11.7 Å². The molecule has 1 saturated carbocycles. The van der Waals surface area contributed by atoms with Crippen molar-refractivity contribution in [2.75, 3.05) is 27.2 Å². The molecular weight excluding hydrogens is 238 g/mol. The number of nitrogens with two attached hydrogens (primary N) is 1. The van der Waals surface area contributed by atoms with Gasteiger partial charge in [-0.15, -0.1) is 0 Å².